The fourth-order valence-corrected chi connectivity index (χ4v) is 2.54. The van der Waals surface area contributed by atoms with Gasteiger partial charge in [-0.3, -0.25) is 4.79 Å². The van der Waals surface area contributed by atoms with Crippen LogP contribution in [0.25, 0.3) is 0 Å². The van der Waals surface area contributed by atoms with Crippen LogP contribution in [0.2, 0.25) is 0 Å². The zero-order valence-electron chi connectivity index (χ0n) is 11.4. The molecule has 0 unspecified atom stereocenters. The maximum atomic E-state index is 12.1. The quantitative estimate of drug-likeness (QED) is 0.816. The molecule has 1 aromatic carbocycles. The van der Waals surface area contributed by atoms with E-state index in [-0.39, 0.29) is 23.7 Å². The summed E-state index contributed by atoms with van der Waals surface area (Å²) in [5.41, 5.74) is 7.57. The van der Waals surface area contributed by atoms with E-state index in [9.17, 15) is 4.79 Å². The van der Waals surface area contributed by atoms with Gasteiger partial charge in [-0.05, 0) is 43.4 Å². The van der Waals surface area contributed by atoms with Crippen LogP contribution in [0.15, 0.2) is 24.3 Å². The number of carbonyl (C=O) groups is 1. The van der Waals surface area contributed by atoms with Gasteiger partial charge < -0.3 is 11.1 Å². The van der Waals surface area contributed by atoms with Crippen molar-refractivity contribution < 1.29 is 4.79 Å². The molecule has 0 radical (unpaired) electrons. The largest absolute Gasteiger partial charge is 0.399 e. The first-order valence-corrected chi connectivity index (χ1v) is 6.79. The van der Waals surface area contributed by atoms with E-state index >= 15 is 0 Å². The third-order valence-electron chi connectivity index (χ3n) is 4.15. The Bertz CT molecular complexity index is 407. The Hall–Kier alpha value is -1.22. The maximum Gasteiger partial charge on any atom is 0.226 e. The predicted molar refractivity (Wildman–Crippen MR) is 81.4 cm³/mol. The zero-order valence-corrected chi connectivity index (χ0v) is 12.3. The zero-order chi connectivity index (χ0) is 13.0. The van der Waals surface area contributed by atoms with Gasteiger partial charge in [0.1, 0.15) is 0 Å². The van der Waals surface area contributed by atoms with Gasteiger partial charge in [-0.25, -0.2) is 0 Å². The number of amides is 1. The number of nitrogen functional groups attached to an aromatic ring is 1. The Balaban J connectivity index is 0.00000180. The lowest BCUT2D eigenvalue weighted by molar-refractivity contribution is -0.136. The highest BCUT2D eigenvalue weighted by Crippen LogP contribution is 2.43. The minimum atomic E-state index is -0.0544. The maximum absolute atomic E-state index is 12.1. The summed E-state index contributed by atoms with van der Waals surface area (Å²) < 4.78 is 0. The molecule has 2 rings (SSSR count). The summed E-state index contributed by atoms with van der Waals surface area (Å²) in [5.74, 6) is 0.242. The van der Waals surface area contributed by atoms with E-state index in [1.54, 1.807) is 0 Å². The van der Waals surface area contributed by atoms with E-state index in [2.05, 4.69) is 12.2 Å². The van der Waals surface area contributed by atoms with Crippen molar-refractivity contribution in [3.05, 3.63) is 29.8 Å². The molecule has 1 saturated carbocycles. The van der Waals surface area contributed by atoms with Gasteiger partial charge in [0.2, 0.25) is 5.91 Å². The number of anilines is 1. The first-order chi connectivity index (χ1) is 8.66. The molecule has 1 aromatic rings. The van der Waals surface area contributed by atoms with Crippen molar-refractivity contribution in [3.8, 4) is 0 Å². The van der Waals surface area contributed by atoms with Gasteiger partial charge >= 0.3 is 0 Å². The second-order valence-corrected chi connectivity index (χ2v) is 5.23. The molecule has 19 heavy (non-hydrogen) atoms. The molecule has 106 valence electrons. The number of hydrogen-bond acceptors (Lipinski definition) is 2. The SMILES string of the molecule is CCC1(C(=O)NCCc2ccc(N)cc2)CCC1.Cl. The van der Waals surface area contributed by atoms with Crippen molar-refractivity contribution in [2.24, 2.45) is 5.41 Å². The monoisotopic (exact) mass is 282 g/mol. The summed E-state index contributed by atoms with van der Waals surface area (Å²) in [6.07, 6.45) is 5.13. The van der Waals surface area contributed by atoms with Crippen molar-refractivity contribution in [3.63, 3.8) is 0 Å². The van der Waals surface area contributed by atoms with Crippen molar-refractivity contribution in [2.45, 2.75) is 39.0 Å². The molecule has 0 atom stereocenters. The lowest BCUT2D eigenvalue weighted by Crippen LogP contribution is -2.45. The standard InChI is InChI=1S/C15H22N2O.ClH/c1-2-15(9-3-10-15)14(18)17-11-8-12-4-6-13(16)7-5-12;/h4-7H,2-3,8-11,16H2,1H3,(H,17,18);1H. The van der Waals surface area contributed by atoms with Crippen LogP contribution in [0, 0.1) is 5.41 Å². The number of benzene rings is 1. The van der Waals surface area contributed by atoms with Crippen LogP contribution >= 0.6 is 12.4 Å². The Labute approximate surface area is 121 Å². The fourth-order valence-electron chi connectivity index (χ4n) is 2.54. The average Bonchev–Trinajstić information content (AvgIpc) is 2.31. The summed E-state index contributed by atoms with van der Waals surface area (Å²) in [6, 6.07) is 7.83. The van der Waals surface area contributed by atoms with Crippen molar-refractivity contribution in [2.75, 3.05) is 12.3 Å². The first-order valence-electron chi connectivity index (χ1n) is 6.79. The van der Waals surface area contributed by atoms with Crippen LogP contribution in [-0.4, -0.2) is 12.5 Å². The van der Waals surface area contributed by atoms with Crippen molar-refractivity contribution >= 4 is 24.0 Å². The Morgan fingerprint density at radius 3 is 2.42 bits per heavy atom. The molecule has 0 bridgehead atoms. The highest BCUT2D eigenvalue weighted by Gasteiger charge is 2.41. The topological polar surface area (TPSA) is 55.1 Å². The van der Waals surface area contributed by atoms with Crippen molar-refractivity contribution in [1.29, 1.82) is 0 Å². The number of hydrogen-bond donors (Lipinski definition) is 2. The van der Waals surface area contributed by atoms with E-state index in [4.69, 9.17) is 5.73 Å². The second-order valence-electron chi connectivity index (χ2n) is 5.23. The molecule has 1 aliphatic carbocycles. The molecule has 0 heterocycles. The number of halogens is 1. The lowest BCUT2D eigenvalue weighted by Gasteiger charge is -2.39. The van der Waals surface area contributed by atoms with Crippen LogP contribution in [-0.2, 0) is 11.2 Å². The Morgan fingerprint density at radius 2 is 1.95 bits per heavy atom. The van der Waals surface area contributed by atoms with Gasteiger partial charge in [0.15, 0.2) is 0 Å². The van der Waals surface area contributed by atoms with Gasteiger partial charge in [-0.2, -0.15) is 0 Å². The highest BCUT2D eigenvalue weighted by molar-refractivity contribution is 5.85. The molecular weight excluding hydrogens is 260 g/mol. The van der Waals surface area contributed by atoms with E-state index < -0.39 is 0 Å². The smallest absolute Gasteiger partial charge is 0.226 e. The Kier molecular flexibility index (Phi) is 5.67. The highest BCUT2D eigenvalue weighted by atomic mass is 35.5. The van der Waals surface area contributed by atoms with Gasteiger partial charge in [0.05, 0.1) is 0 Å². The van der Waals surface area contributed by atoms with E-state index in [0.29, 0.717) is 6.54 Å². The molecule has 3 N–H and O–H groups in total. The van der Waals surface area contributed by atoms with Gasteiger partial charge in [-0.1, -0.05) is 25.5 Å². The fraction of sp³-hybridized carbons (Fsp3) is 0.533. The van der Waals surface area contributed by atoms with Crippen LogP contribution in [0.3, 0.4) is 0 Å². The molecule has 1 fully saturated rings. The van der Waals surface area contributed by atoms with Crippen LogP contribution < -0.4 is 11.1 Å². The molecule has 0 spiro atoms. The lowest BCUT2D eigenvalue weighted by atomic mass is 9.66. The number of rotatable bonds is 5. The van der Waals surface area contributed by atoms with E-state index in [0.717, 1.165) is 31.4 Å². The minimum Gasteiger partial charge on any atom is -0.399 e. The van der Waals surface area contributed by atoms with Crippen LogP contribution in [0.1, 0.15) is 38.2 Å². The van der Waals surface area contributed by atoms with Crippen LogP contribution in [0.4, 0.5) is 5.69 Å². The molecular formula is C15H23ClN2O. The van der Waals surface area contributed by atoms with Crippen molar-refractivity contribution in [1.82, 2.24) is 5.32 Å². The van der Waals surface area contributed by atoms with Crippen LogP contribution in [0.5, 0.6) is 0 Å². The summed E-state index contributed by atoms with van der Waals surface area (Å²) >= 11 is 0. The van der Waals surface area contributed by atoms with Gasteiger partial charge in [-0.15, -0.1) is 12.4 Å². The number of nitrogens with one attached hydrogen (secondary N) is 1. The average molecular weight is 283 g/mol. The molecule has 4 heteroatoms. The molecule has 0 saturated heterocycles. The normalized spacial score (nSPS) is 16.1. The predicted octanol–water partition coefficient (Wildman–Crippen LogP) is 2.93. The molecule has 0 aliphatic heterocycles. The molecule has 1 amide bonds. The number of nitrogens with two attached hydrogens (primary N) is 1. The van der Waals surface area contributed by atoms with Gasteiger partial charge in [0.25, 0.3) is 0 Å². The Morgan fingerprint density at radius 1 is 1.32 bits per heavy atom. The summed E-state index contributed by atoms with van der Waals surface area (Å²) in [5, 5.41) is 3.07. The van der Waals surface area contributed by atoms with E-state index in [1.807, 2.05) is 24.3 Å². The summed E-state index contributed by atoms with van der Waals surface area (Å²) in [4.78, 5) is 12.1. The van der Waals surface area contributed by atoms with E-state index in [1.165, 1.54) is 12.0 Å². The second kappa shape index (κ2) is 6.80. The third kappa shape index (κ3) is 3.63. The molecule has 1 aliphatic rings. The third-order valence-corrected chi connectivity index (χ3v) is 4.15. The minimum absolute atomic E-state index is 0. The summed E-state index contributed by atoms with van der Waals surface area (Å²) in [6.45, 7) is 2.82. The number of carbonyl (C=O) groups excluding carboxylic acids is 1. The molecule has 3 nitrogen and oxygen atoms in total. The van der Waals surface area contributed by atoms with Gasteiger partial charge in [0, 0.05) is 17.6 Å². The molecule has 0 aromatic heterocycles. The first kappa shape index (κ1) is 15.8. The summed E-state index contributed by atoms with van der Waals surface area (Å²) in [7, 11) is 0.